The Bertz CT molecular complexity index is 378. The monoisotopic (exact) mass is 324 g/mol. The van der Waals surface area contributed by atoms with E-state index in [-0.39, 0.29) is 6.09 Å². The van der Waals surface area contributed by atoms with E-state index in [4.69, 9.17) is 4.74 Å². The number of nitrogens with zero attached hydrogens (tertiary/aromatic N) is 1. The minimum absolute atomic E-state index is 0.152. The number of hydrogen-bond donors (Lipinski definition) is 1. The van der Waals surface area contributed by atoms with Gasteiger partial charge in [0.2, 0.25) is 0 Å². The summed E-state index contributed by atoms with van der Waals surface area (Å²) in [6.07, 6.45) is 9.93. The Morgan fingerprint density at radius 2 is 1.74 bits per heavy atom. The van der Waals surface area contributed by atoms with Crippen molar-refractivity contribution in [3.8, 4) is 0 Å². The summed E-state index contributed by atoms with van der Waals surface area (Å²) >= 11 is 0. The maximum Gasteiger partial charge on any atom is 0.410 e. The summed E-state index contributed by atoms with van der Waals surface area (Å²) < 4.78 is 5.52. The summed E-state index contributed by atoms with van der Waals surface area (Å²) in [5, 5.41) is 3.92. The van der Waals surface area contributed by atoms with Crippen molar-refractivity contribution in [3.05, 3.63) is 0 Å². The molecule has 1 heterocycles. The van der Waals surface area contributed by atoms with Crippen LogP contribution in [-0.4, -0.2) is 41.8 Å². The lowest BCUT2D eigenvalue weighted by molar-refractivity contribution is 0.0256. The summed E-state index contributed by atoms with van der Waals surface area (Å²) in [5.41, 5.74) is -0.406. The van der Waals surface area contributed by atoms with Crippen LogP contribution in [0.4, 0.5) is 4.79 Å². The number of nitrogens with one attached hydrogen (secondary N) is 1. The van der Waals surface area contributed by atoms with Gasteiger partial charge in [-0.05, 0) is 58.8 Å². The van der Waals surface area contributed by atoms with Crippen LogP contribution in [-0.2, 0) is 4.74 Å². The predicted octanol–water partition coefficient (Wildman–Crippen LogP) is 4.33. The zero-order chi connectivity index (χ0) is 16.9. The zero-order valence-electron chi connectivity index (χ0n) is 15.6. The Labute approximate surface area is 142 Å². The zero-order valence-corrected chi connectivity index (χ0v) is 15.6. The largest absolute Gasteiger partial charge is 0.444 e. The predicted molar refractivity (Wildman–Crippen MR) is 94.6 cm³/mol. The van der Waals surface area contributed by atoms with E-state index in [1.165, 1.54) is 38.5 Å². The van der Waals surface area contributed by atoms with Crippen molar-refractivity contribution in [3.63, 3.8) is 0 Å². The average Bonchev–Trinajstić information content (AvgIpc) is 2.79. The summed E-state index contributed by atoms with van der Waals surface area (Å²) in [6, 6.07) is 1.21. The number of carbonyl (C=O) groups is 1. The fourth-order valence-corrected chi connectivity index (χ4v) is 3.82. The molecule has 3 unspecified atom stereocenters. The molecular weight excluding hydrogens is 288 g/mol. The van der Waals surface area contributed by atoms with Crippen molar-refractivity contribution >= 4 is 6.09 Å². The molecule has 4 nitrogen and oxygen atoms in total. The van der Waals surface area contributed by atoms with Crippen LogP contribution in [0.15, 0.2) is 0 Å². The van der Waals surface area contributed by atoms with Crippen molar-refractivity contribution in [2.75, 3.05) is 13.1 Å². The minimum atomic E-state index is -0.406. The highest BCUT2D eigenvalue weighted by atomic mass is 16.6. The minimum Gasteiger partial charge on any atom is -0.444 e. The number of ether oxygens (including phenoxy) is 1. The summed E-state index contributed by atoms with van der Waals surface area (Å²) in [4.78, 5) is 14.1. The average molecular weight is 325 g/mol. The molecule has 3 atom stereocenters. The molecular formula is C19H36N2O2. The van der Waals surface area contributed by atoms with Gasteiger partial charge in [-0.25, -0.2) is 4.79 Å². The van der Waals surface area contributed by atoms with Crippen LogP contribution in [0.3, 0.4) is 0 Å². The molecule has 2 rings (SSSR count). The maximum absolute atomic E-state index is 12.2. The van der Waals surface area contributed by atoms with Crippen LogP contribution in [0.5, 0.6) is 0 Å². The van der Waals surface area contributed by atoms with Gasteiger partial charge in [0.15, 0.2) is 0 Å². The van der Waals surface area contributed by atoms with Crippen LogP contribution in [0.25, 0.3) is 0 Å². The van der Waals surface area contributed by atoms with Gasteiger partial charge in [-0.15, -0.1) is 0 Å². The second-order valence-electron chi connectivity index (χ2n) is 8.48. The smallest absolute Gasteiger partial charge is 0.410 e. The first-order chi connectivity index (χ1) is 10.8. The molecule has 0 aromatic heterocycles. The molecule has 0 radical (unpaired) electrons. The van der Waals surface area contributed by atoms with Gasteiger partial charge in [0.25, 0.3) is 0 Å². The van der Waals surface area contributed by atoms with Crippen molar-refractivity contribution in [1.82, 2.24) is 10.2 Å². The highest BCUT2D eigenvalue weighted by Crippen LogP contribution is 2.25. The third kappa shape index (κ3) is 6.33. The number of rotatable bonds is 2. The van der Waals surface area contributed by atoms with Crippen molar-refractivity contribution in [2.24, 2.45) is 5.92 Å². The fourth-order valence-electron chi connectivity index (χ4n) is 3.82. The first-order valence-corrected chi connectivity index (χ1v) is 9.59. The Kier molecular flexibility index (Phi) is 6.75. The Balaban J connectivity index is 1.82. The molecule has 4 heteroatoms. The normalized spacial score (nSPS) is 30.4. The van der Waals surface area contributed by atoms with Gasteiger partial charge in [-0.2, -0.15) is 0 Å². The number of carbonyl (C=O) groups excluding carboxylic acids is 1. The SMILES string of the molecule is CC1CCCCCC1NC1CCCN(C(=O)OC(C)(C)C)CC1. The van der Waals surface area contributed by atoms with Crippen LogP contribution in [0, 0.1) is 5.92 Å². The molecule has 23 heavy (non-hydrogen) atoms. The Hall–Kier alpha value is -0.770. The van der Waals surface area contributed by atoms with E-state index in [0.29, 0.717) is 12.1 Å². The third-order valence-corrected chi connectivity index (χ3v) is 5.19. The van der Waals surface area contributed by atoms with Gasteiger partial charge in [0.1, 0.15) is 5.60 Å². The standard InChI is InChI=1S/C19H36N2O2/c1-15-9-6-5-7-11-17(15)20-16-10-8-13-21(14-12-16)18(22)23-19(2,3)4/h15-17,20H,5-14H2,1-4H3. The molecule has 1 N–H and O–H groups in total. The van der Waals surface area contributed by atoms with Gasteiger partial charge < -0.3 is 15.0 Å². The molecule has 1 aliphatic carbocycles. The van der Waals surface area contributed by atoms with Gasteiger partial charge >= 0.3 is 6.09 Å². The first-order valence-electron chi connectivity index (χ1n) is 9.59. The van der Waals surface area contributed by atoms with Gasteiger partial charge in [-0.1, -0.05) is 26.2 Å². The molecule has 134 valence electrons. The number of amides is 1. The number of likely N-dealkylation sites (tertiary alicyclic amines) is 1. The lowest BCUT2D eigenvalue weighted by Crippen LogP contribution is -2.42. The van der Waals surface area contributed by atoms with Crippen molar-refractivity contribution in [1.29, 1.82) is 0 Å². The number of hydrogen-bond acceptors (Lipinski definition) is 3. The molecule has 1 saturated carbocycles. The van der Waals surface area contributed by atoms with Gasteiger partial charge in [0, 0.05) is 25.2 Å². The molecule has 1 saturated heterocycles. The lowest BCUT2D eigenvalue weighted by atomic mass is 9.95. The summed E-state index contributed by atoms with van der Waals surface area (Å²) in [5.74, 6) is 0.780. The highest BCUT2D eigenvalue weighted by Gasteiger charge is 2.27. The van der Waals surface area contributed by atoms with E-state index >= 15 is 0 Å². The molecule has 1 aliphatic heterocycles. The highest BCUT2D eigenvalue weighted by molar-refractivity contribution is 5.68. The van der Waals surface area contributed by atoms with Crippen molar-refractivity contribution < 1.29 is 9.53 Å². The van der Waals surface area contributed by atoms with Crippen LogP contribution >= 0.6 is 0 Å². The fraction of sp³-hybridized carbons (Fsp3) is 0.947. The van der Waals surface area contributed by atoms with Crippen molar-refractivity contribution in [2.45, 2.75) is 96.7 Å². The Morgan fingerprint density at radius 3 is 2.48 bits per heavy atom. The molecule has 0 aromatic carbocycles. The molecule has 0 spiro atoms. The summed E-state index contributed by atoms with van der Waals surface area (Å²) in [6.45, 7) is 9.83. The van der Waals surface area contributed by atoms with E-state index in [9.17, 15) is 4.79 Å². The van der Waals surface area contributed by atoms with Crippen LogP contribution in [0.2, 0.25) is 0 Å². The van der Waals surface area contributed by atoms with E-state index in [0.717, 1.165) is 31.8 Å². The second-order valence-corrected chi connectivity index (χ2v) is 8.48. The second kappa shape index (κ2) is 8.36. The van der Waals surface area contributed by atoms with Crippen LogP contribution < -0.4 is 5.32 Å². The molecule has 1 amide bonds. The van der Waals surface area contributed by atoms with Gasteiger partial charge in [0.05, 0.1) is 0 Å². The van der Waals surface area contributed by atoms with E-state index in [1.807, 2.05) is 25.7 Å². The molecule has 2 fully saturated rings. The van der Waals surface area contributed by atoms with E-state index in [2.05, 4.69) is 12.2 Å². The third-order valence-electron chi connectivity index (χ3n) is 5.19. The molecule has 2 aliphatic rings. The lowest BCUT2D eigenvalue weighted by Gasteiger charge is -2.29. The van der Waals surface area contributed by atoms with E-state index < -0.39 is 5.60 Å². The first kappa shape index (κ1) is 18.6. The maximum atomic E-state index is 12.2. The topological polar surface area (TPSA) is 41.6 Å². The van der Waals surface area contributed by atoms with Crippen LogP contribution in [0.1, 0.15) is 79.1 Å². The quantitative estimate of drug-likeness (QED) is 0.769. The molecule has 0 aromatic rings. The summed E-state index contributed by atoms with van der Waals surface area (Å²) in [7, 11) is 0. The molecule has 0 bridgehead atoms. The van der Waals surface area contributed by atoms with Gasteiger partial charge in [-0.3, -0.25) is 0 Å². The van der Waals surface area contributed by atoms with E-state index in [1.54, 1.807) is 0 Å². The Morgan fingerprint density at radius 1 is 1.00 bits per heavy atom.